The lowest BCUT2D eigenvalue weighted by Crippen LogP contribution is -2.49. The van der Waals surface area contributed by atoms with Crippen LogP contribution in [0.3, 0.4) is 0 Å². The fourth-order valence-corrected chi connectivity index (χ4v) is 4.57. The molecule has 0 unspecified atom stereocenters. The van der Waals surface area contributed by atoms with Crippen LogP contribution in [-0.2, 0) is 11.3 Å². The zero-order valence-corrected chi connectivity index (χ0v) is 20.9. The van der Waals surface area contributed by atoms with Crippen molar-refractivity contribution in [1.82, 2.24) is 19.8 Å². The number of benzene rings is 2. The minimum absolute atomic E-state index is 0.0574. The number of carbonyl (C=O) groups excluding carboxylic acids is 1. The van der Waals surface area contributed by atoms with E-state index in [2.05, 4.69) is 9.88 Å². The molecule has 2 aromatic carbocycles. The molecule has 0 spiro atoms. The quantitative estimate of drug-likeness (QED) is 0.559. The highest BCUT2D eigenvalue weighted by atomic mass is 19.1. The second kappa shape index (κ2) is 11.0. The summed E-state index contributed by atoms with van der Waals surface area (Å²) >= 11 is 0. The van der Waals surface area contributed by atoms with Gasteiger partial charge in [0.2, 0.25) is 5.95 Å². The maximum Gasteiger partial charge on any atom is 0.320 e. The van der Waals surface area contributed by atoms with E-state index in [0.29, 0.717) is 86.7 Å². The fraction of sp³-hybridized carbons (Fsp3) is 0.423. The molecule has 0 aliphatic carbocycles. The van der Waals surface area contributed by atoms with Gasteiger partial charge < -0.3 is 34.6 Å². The van der Waals surface area contributed by atoms with Gasteiger partial charge in [0, 0.05) is 50.7 Å². The van der Waals surface area contributed by atoms with Crippen molar-refractivity contribution in [2.24, 2.45) is 0 Å². The van der Waals surface area contributed by atoms with Gasteiger partial charge in [0.25, 0.3) is 0 Å². The number of methoxy groups -OCH3 is 1. The van der Waals surface area contributed by atoms with Crippen LogP contribution in [-0.4, -0.2) is 85.4 Å². The van der Waals surface area contributed by atoms with Gasteiger partial charge in [-0.05, 0) is 30.2 Å². The predicted molar refractivity (Wildman–Crippen MR) is 137 cm³/mol. The number of anilines is 2. The number of aromatic nitrogens is 2. The molecule has 3 heterocycles. The first-order valence-corrected chi connectivity index (χ1v) is 12.4. The van der Waals surface area contributed by atoms with Crippen molar-refractivity contribution >= 4 is 28.7 Å². The van der Waals surface area contributed by atoms with E-state index < -0.39 is 0 Å². The maximum absolute atomic E-state index is 13.2. The van der Waals surface area contributed by atoms with Gasteiger partial charge in [-0.25, -0.2) is 14.2 Å². The van der Waals surface area contributed by atoms with Crippen molar-refractivity contribution in [2.75, 3.05) is 70.2 Å². The van der Waals surface area contributed by atoms with Crippen LogP contribution >= 0.6 is 0 Å². The molecule has 2 saturated heterocycles. The molecule has 10 nitrogen and oxygen atoms in total. The van der Waals surface area contributed by atoms with Crippen LogP contribution in [0.2, 0.25) is 0 Å². The van der Waals surface area contributed by atoms with Crippen LogP contribution in [0.4, 0.5) is 21.0 Å². The standard InChI is InChI=1S/C26H31FN6O4/c1-35-22-16-21-20(15-23(22)37-17-18-3-5-19(27)6-4-18)24(28)30-25(29-21)31-7-2-8-32(10-9-31)26(34)33-11-13-36-14-12-33/h3-6,15-16H,2,7-14,17H2,1H3,(H2,28,29,30). The van der Waals surface area contributed by atoms with Crippen molar-refractivity contribution in [2.45, 2.75) is 13.0 Å². The van der Waals surface area contributed by atoms with E-state index in [-0.39, 0.29) is 18.5 Å². The van der Waals surface area contributed by atoms with Gasteiger partial charge in [-0.2, -0.15) is 4.98 Å². The van der Waals surface area contributed by atoms with Crippen LogP contribution in [0.1, 0.15) is 12.0 Å². The molecule has 3 aromatic rings. The molecule has 2 aliphatic heterocycles. The van der Waals surface area contributed by atoms with E-state index in [1.807, 2.05) is 9.80 Å². The normalized spacial score (nSPS) is 16.5. The van der Waals surface area contributed by atoms with E-state index >= 15 is 0 Å². The summed E-state index contributed by atoms with van der Waals surface area (Å²) in [5.74, 6) is 1.56. The molecule has 0 radical (unpaired) electrons. The molecule has 2 N–H and O–H groups in total. The number of amides is 2. The molecule has 1 aromatic heterocycles. The van der Waals surface area contributed by atoms with E-state index in [4.69, 9.17) is 24.9 Å². The Labute approximate surface area is 214 Å². The summed E-state index contributed by atoms with van der Waals surface area (Å²) in [6, 6.07) is 9.73. The number of nitrogens with two attached hydrogens (primary N) is 1. The molecule has 11 heteroatoms. The summed E-state index contributed by atoms with van der Waals surface area (Å²) < 4.78 is 30.1. The second-order valence-electron chi connectivity index (χ2n) is 9.05. The summed E-state index contributed by atoms with van der Waals surface area (Å²) in [5.41, 5.74) is 7.82. The Morgan fingerprint density at radius 2 is 1.76 bits per heavy atom. The van der Waals surface area contributed by atoms with Gasteiger partial charge in [-0.1, -0.05) is 12.1 Å². The first-order valence-electron chi connectivity index (χ1n) is 12.4. The Hall–Kier alpha value is -3.86. The number of hydrogen-bond acceptors (Lipinski definition) is 8. The molecule has 196 valence electrons. The monoisotopic (exact) mass is 510 g/mol. The third-order valence-corrected chi connectivity index (χ3v) is 6.64. The van der Waals surface area contributed by atoms with Crippen molar-refractivity contribution < 1.29 is 23.4 Å². The van der Waals surface area contributed by atoms with Crippen molar-refractivity contribution in [3.8, 4) is 11.5 Å². The van der Waals surface area contributed by atoms with E-state index in [9.17, 15) is 9.18 Å². The minimum atomic E-state index is -0.298. The first kappa shape index (κ1) is 24.8. The maximum atomic E-state index is 13.2. The van der Waals surface area contributed by atoms with Gasteiger partial charge in [0.1, 0.15) is 18.2 Å². The summed E-state index contributed by atoms with van der Waals surface area (Å²) in [7, 11) is 1.56. The Morgan fingerprint density at radius 3 is 2.51 bits per heavy atom. The van der Waals surface area contributed by atoms with Crippen molar-refractivity contribution in [3.63, 3.8) is 0 Å². The average molecular weight is 511 g/mol. The van der Waals surface area contributed by atoms with Crippen LogP contribution in [0.15, 0.2) is 36.4 Å². The Kier molecular flexibility index (Phi) is 7.40. The topological polar surface area (TPSA) is 106 Å². The molecule has 5 rings (SSSR count). The van der Waals surface area contributed by atoms with Crippen molar-refractivity contribution in [1.29, 1.82) is 0 Å². The number of ether oxygens (including phenoxy) is 3. The number of nitrogen functional groups attached to an aromatic ring is 1. The summed E-state index contributed by atoms with van der Waals surface area (Å²) in [5, 5.41) is 0.651. The third-order valence-electron chi connectivity index (χ3n) is 6.64. The molecule has 0 atom stereocenters. The highest BCUT2D eigenvalue weighted by Crippen LogP contribution is 2.35. The molecular formula is C26H31FN6O4. The lowest BCUT2D eigenvalue weighted by atomic mass is 10.2. The summed E-state index contributed by atoms with van der Waals surface area (Å²) in [6.45, 7) is 5.24. The summed E-state index contributed by atoms with van der Waals surface area (Å²) in [4.78, 5) is 28.1. The average Bonchev–Trinajstić information content (AvgIpc) is 3.19. The highest BCUT2D eigenvalue weighted by Gasteiger charge is 2.26. The Balaban J connectivity index is 1.32. The highest BCUT2D eigenvalue weighted by molar-refractivity contribution is 5.91. The molecule has 0 saturated carbocycles. The third kappa shape index (κ3) is 5.61. The van der Waals surface area contributed by atoms with E-state index in [1.165, 1.54) is 12.1 Å². The number of urea groups is 1. The molecule has 37 heavy (non-hydrogen) atoms. The predicted octanol–water partition coefficient (Wildman–Crippen LogP) is 2.90. The van der Waals surface area contributed by atoms with E-state index in [1.54, 1.807) is 31.4 Å². The van der Waals surface area contributed by atoms with Crippen molar-refractivity contribution in [3.05, 3.63) is 47.8 Å². The minimum Gasteiger partial charge on any atom is -0.493 e. The van der Waals surface area contributed by atoms with Gasteiger partial charge in [-0.15, -0.1) is 0 Å². The van der Waals surface area contributed by atoms with Gasteiger partial charge in [-0.3, -0.25) is 0 Å². The zero-order valence-electron chi connectivity index (χ0n) is 20.9. The number of nitrogens with zero attached hydrogens (tertiary/aromatic N) is 5. The zero-order chi connectivity index (χ0) is 25.8. The molecular weight excluding hydrogens is 479 g/mol. The number of morpholine rings is 1. The van der Waals surface area contributed by atoms with Gasteiger partial charge >= 0.3 is 6.03 Å². The van der Waals surface area contributed by atoms with Gasteiger partial charge in [0.15, 0.2) is 11.5 Å². The smallest absolute Gasteiger partial charge is 0.320 e. The Morgan fingerprint density at radius 1 is 1.00 bits per heavy atom. The number of carbonyl (C=O) groups is 1. The molecule has 2 aliphatic rings. The Bertz CT molecular complexity index is 1250. The molecule has 0 bridgehead atoms. The van der Waals surface area contributed by atoms with Gasteiger partial charge in [0.05, 0.1) is 25.8 Å². The number of halogens is 1. The number of fused-ring (bicyclic) bond motifs is 1. The lowest BCUT2D eigenvalue weighted by molar-refractivity contribution is 0.0438. The number of hydrogen-bond donors (Lipinski definition) is 1. The van der Waals surface area contributed by atoms with Crippen LogP contribution in [0.25, 0.3) is 10.9 Å². The SMILES string of the molecule is COc1cc2nc(N3CCCN(C(=O)N4CCOCC4)CC3)nc(N)c2cc1OCc1ccc(F)cc1. The lowest BCUT2D eigenvalue weighted by Gasteiger charge is -2.32. The van der Waals surface area contributed by atoms with Crippen LogP contribution in [0, 0.1) is 5.82 Å². The van der Waals surface area contributed by atoms with Crippen LogP contribution in [0.5, 0.6) is 11.5 Å². The largest absolute Gasteiger partial charge is 0.493 e. The van der Waals surface area contributed by atoms with Crippen LogP contribution < -0.4 is 20.1 Å². The molecule has 2 amide bonds. The number of rotatable bonds is 5. The summed E-state index contributed by atoms with van der Waals surface area (Å²) in [6.07, 6.45) is 0.802. The fourth-order valence-electron chi connectivity index (χ4n) is 4.57. The van der Waals surface area contributed by atoms with E-state index in [0.717, 1.165) is 12.0 Å². The molecule has 2 fully saturated rings. The second-order valence-corrected chi connectivity index (χ2v) is 9.05. The first-order chi connectivity index (χ1) is 18.0.